The molecular formula is C10H10FN3O. The maximum atomic E-state index is 12.5. The maximum Gasteiger partial charge on any atom is 0.332 e. The normalized spacial score (nSPS) is 11.0. The van der Waals surface area contributed by atoms with Crippen molar-refractivity contribution in [2.24, 2.45) is 10.8 Å². The summed E-state index contributed by atoms with van der Waals surface area (Å²) in [6.45, 7) is 0. The van der Waals surface area contributed by atoms with Crippen molar-refractivity contribution in [3.63, 3.8) is 0 Å². The third-order valence-corrected chi connectivity index (χ3v) is 1.49. The maximum absolute atomic E-state index is 12.5. The smallest absolute Gasteiger partial charge is 0.332 e. The van der Waals surface area contributed by atoms with Gasteiger partial charge in [-0.3, -0.25) is 0 Å². The number of carbonyl (C=O) groups is 1. The molecule has 4 nitrogen and oxygen atoms in total. The van der Waals surface area contributed by atoms with Crippen molar-refractivity contribution >= 4 is 18.3 Å². The number of carbonyl (C=O) groups excluding carboxylic acids is 1. The molecule has 0 atom stereocenters. The molecule has 0 aromatic heterocycles. The van der Waals surface area contributed by atoms with Gasteiger partial charge in [-0.1, -0.05) is 18.2 Å². The number of benzene rings is 1. The van der Waals surface area contributed by atoms with Crippen molar-refractivity contribution in [3.05, 3.63) is 41.7 Å². The van der Waals surface area contributed by atoms with Gasteiger partial charge in [-0.05, 0) is 23.8 Å². The molecule has 0 saturated carbocycles. The van der Waals surface area contributed by atoms with E-state index in [4.69, 9.17) is 5.73 Å². The summed E-state index contributed by atoms with van der Waals surface area (Å²) in [7, 11) is 0. The van der Waals surface area contributed by atoms with E-state index in [-0.39, 0.29) is 5.82 Å². The van der Waals surface area contributed by atoms with Gasteiger partial charge in [-0.2, -0.15) is 5.10 Å². The Hall–Kier alpha value is -2.17. The highest BCUT2D eigenvalue weighted by Gasteiger charge is 1.87. The number of urea groups is 1. The molecular weight excluding hydrogens is 197 g/mol. The summed E-state index contributed by atoms with van der Waals surface area (Å²) in [5, 5.41) is 3.49. The van der Waals surface area contributed by atoms with Gasteiger partial charge < -0.3 is 5.73 Å². The molecule has 1 rings (SSSR count). The van der Waals surface area contributed by atoms with Crippen LogP contribution in [0, 0.1) is 5.82 Å². The molecule has 1 aromatic rings. The molecule has 0 unspecified atom stereocenters. The van der Waals surface area contributed by atoms with E-state index >= 15 is 0 Å². The number of amides is 2. The van der Waals surface area contributed by atoms with Crippen LogP contribution in [0.5, 0.6) is 0 Å². The lowest BCUT2D eigenvalue weighted by atomic mass is 10.2. The van der Waals surface area contributed by atoms with Gasteiger partial charge >= 0.3 is 6.03 Å². The van der Waals surface area contributed by atoms with Crippen LogP contribution in [-0.4, -0.2) is 12.2 Å². The van der Waals surface area contributed by atoms with E-state index in [1.165, 1.54) is 18.3 Å². The van der Waals surface area contributed by atoms with Crippen LogP contribution in [0.15, 0.2) is 35.4 Å². The Morgan fingerprint density at radius 3 is 2.67 bits per heavy atom. The first-order valence-corrected chi connectivity index (χ1v) is 4.19. The predicted molar refractivity (Wildman–Crippen MR) is 56.6 cm³/mol. The molecule has 0 aliphatic heterocycles. The number of primary amides is 1. The van der Waals surface area contributed by atoms with E-state index in [0.29, 0.717) is 0 Å². The SMILES string of the molecule is NC(=O)NN=C/C=C/c1ccc(F)cc1. The van der Waals surface area contributed by atoms with Gasteiger partial charge in [0.05, 0.1) is 0 Å². The third kappa shape index (κ3) is 4.56. The van der Waals surface area contributed by atoms with Crippen LogP contribution in [0.2, 0.25) is 0 Å². The predicted octanol–water partition coefficient (Wildman–Crippen LogP) is 1.49. The van der Waals surface area contributed by atoms with Crippen molar-refractivity contribution < 1.29 is 9.18 Å². The van der Waals surface area contributed by atoms with Gasteiger partial charge in [0.15, 0.2) is 0 Å². The van der Waals surface area contributed by atoms with Crippen LogP contribution < -0.4 is 11.2 Å². The number of allylic oxidation sites excluding steroid dienone is 1. The number of hydrogen-bond acceptors (Lipinski definition) is 2. The Kier molecular flexibility index (Phi) is 4.03. The molecule has 0 saturated heterocycles. The van der Waals surface area contributed by atoms with Crippen molar-refractivity contribution in [1.82, 2.24) is 5.43 Å². The van der Waals surface area contributed by atoms with Crippen molar-refractivity contribution in [1.29, 1.82) is 0 Å². The molecule has 0 radical (unpaired) electrons. The van der Waals surface area contributed by atoms with Crippen LogP contribution in [0.3, 0.4) is 0 Å². The average molecular weight is 207 g/mol. The zero-order valence-electron chi connectivity index (χ0n) is 7.85. The highest BCUT2D eigenvalue weighted by atomic mass is 19.1. The summed E-state index contributed by atoms with van der Waals surface area (Å²) in [6.07, 6.45) is 4.68. The van der Waals surface area contributed by atoms with Crippen LogP contribution in [0.4, 0.5) is 9.18 Å². The van der Waals surface area contributed by atoms with Crippen LogP contribution >= 0.6 is 0 Å². The minimum atomic E-state index is -0.721. The number of hydrazone groups is 1. The second-order valence-corrected chi connectivity index (χ2v) is 2.66. The Morgan fingerprint density at radius 1 is 1.40 bits per heavy atom. The van der Waals surface area contributed by atoms with Gasteiger partial charge in [0, 0.05) is 6.21 Å². The lowest BCUT2D eigenvalue weighted by Gasteiger charge is -1.91. The fourth-order valence-electron chi connectivity index (χ4n) is 0.872. The first-order chi connectivity index (χ1) is 7.18. The molecule has 0 spiro atoms. The van der Waals surface area contributed by atoms with Crippen molar-refractivity contribution in [3.8, 4) is 0 Å². The fraction of sp³-hybridized carbons (Fsp3) is 0. The van der Waals surface area contributed by atoms with Gasteiger partial charge in [-0.25, -0.2) is 14.6 Å². The van der Waals surface area contributed by atoms with E-state index in [1.807, 2.05) is 5.43 Å². The van der Waals surface area contributed by atoms with Gasteiger partial charge in [0.2, 0.25) is 0 Å². The van der Waals surface area contributed by atoms with Gasteiger partial charge in [0.1, 0.15) is 5.82 Å². The summed E-state index contributed by atoms with van der Waals surface area (Å²) in [5.41, 5.74) is 7.65. The van der Waals surface area contributed by atoms with Crippen LogP contribution in [0.25, 0.3) is 6.08 Å². The summed E-state index contributed by atoms with van der Waals surface area (Å²) in [5.74, 6) is -0.281. The molecule has 3 N–H and O–H groups in total. The zero-order chi connectivity index (χ0) is 11.1. The van der Waals surface area contributed by atoms with Crippen molar-refractivity contribution in [2.45, 2.75) is 0 Å². The first kappa shape index (κ1) is 10.9. The zero-order valence-corrected chi connectivity index (χ0v) is 7.85. The van der Waals surface area contributed by atoms with E-state index in [1.54, 1.807) is 24.3 Å². The lowest BCUT2D eigenvalue weighted by molar-refractivity contribution is 0.249. The third-order valence-electron chi connectivity index (χ3n) is 1.49. The quantitative estimate of drug-likeness (QED) is 0.572. The molecule has 1 aromatic carbocycles. The highest BCUT2D eigenvalue weighted by Crippen LogP contribution is 2.03. The molecule has 0 heterocycles. The number of nitrogens with one attached hydrogen (secondary N) is 1. The second-order valence-electron chi connectivity index (χ2n) is 2.66. The fourth-order valence-corrected chi connectivity index (χ4v) is 0.872. The number of nitrogens with two attached hydrogens (primary N) is 1. The lowest BCUT2D eigenvalue weighted by Crippen LogP contribution is -2.24. The molecule has 78 valence electrons. The first-order valence-electron chi connectivity index (χ1n) is 4.19. The molecule has 0 aliphatic rings. The van der Waals surface area contributed by atoms with Crippen molar-refractivity contribution in [2.75, 3.05) is 0 Å². The molecule has 0 fully saturated rings. The summed E-state index contributed by atoms with van der Waals surface area (Å²) in [6, 6.07) is 5.25. The topological polar surface area (TPSA) is 67.5 Å². The molecule has 0 bridgehead atoms. The largest absolute Gasteiger partial charge is 0.350 e. The van der Waals surface area contributed by atoms with Gasteiger partial charge in [0.25, 0.3) is 0 Å². The minimum absolute atomic E-state index is 0.281. The number of hydrogen-bond donors (Lipinski definition) is 2. The Bertz CT molecular complexity index is 384. The standard InChI is InChI=1S/C10H10FN3O/c11-9-5-3-8(4-6-9)2-1-7-13-14-10(12)15/h1-7H,(H3,12,14,15)/b2-1+,13-7?. The number of rotatable bonds is 3. The summed E-state index contributed by atoms with van der Waals surface area (Å²) in [4.78, 5) is 10.2. The Labute approximate surface area is 86.3 Å². The Morgan fingerprint density at radius 2 is 2.07 bits per heavy atom. The average Bonchev–Trinajstić information content (AvgIpc) is 2.20. The van der Waals surface area contributed by atoms with E-state index in [9.17, 15) is 9.18 Å². The second kappa shape index (κ2) is 5.54. The summed E-state index contributed by atoms with van der Waals surface area (Å²) < 4.78 is 12.5. The monoisotopic (exact) mass is 207 g/mol. The molecule has 0 aliphatic carbocycles. The van der Waals surface area contributed by atoms with Crippen LogP contribution in [-0.2, 0) is 0 Å². The van der Waals surface area contributed by atoms with Gasteiger partial charge in [-0.15, -0.1) is 0 Å². The molecule has 15 heavy (non-hydrogen) atoms. The summed E-state index contributed by atoms with van der Waals surface area (Å²) >= 11 is 0. The Balaban J connectivity index is 2.47. The molecule has 2 amide bonds. The van der Waals surface area contributed by atoms with Crippen LogP contribution in [0.1, 0.15) is 5.56 Å². The minimum Gasteiger partial charge on any atom is -0.350 e. The molecule has 5 heteroatoms. The highest BCUT2D eigenvalue weighted by molar-refractivity contribution is 5.80. The number of halogens is 1. The van der Waals surface area contributed by atoms with E-state index in [0.717, 1.165) is 5.56 Å². The number of nitrogens with zero attached hydrogens (tertiary/aromatic N) is 1. The van der Waals surface area contributed by atoms with E-state index in [2.05, 4.69) is 5.10 Å². The van der Waals surface area contributed by atoms with E-state index < -0.39 is 6.03 Å².